The molecular formula is C24H34O3. The molecule has 0 aliphatic rings. The molecule has 1 rings (SSSR count). The summed E-state index contributed by atoms with van der Waals surface area (Å²) in [4.78, 5) is 12.0. The van der Waals surface area contributed by atoms with Gasteiger partial charge in [-0.1, -0.05) is 61.8 Å². The van der Waals surface area contributed by atoms with Gasteiger partial charge in [-0.15, -0.1) is 6.58 Å². The number of phenolic OH excluding ortho intramolecular Hbond substituents is 1. The van der Waals surface area contributed by atoms with Gasteiger partial charge in [-0.05, 0) is 57.1 Å². The molecule has 0 saturated carbocycles. The summed E-state index contributed by atoms with van der Waals surface area (Å²) in [6, 6.07) is 5.23. The van der Waals surface area contributed by atoms with Crippen LogP contribution in [0.25, 0.3) is 0 Å². The topological polar surface area (TPSA) is 46.5 Å². The Hall–Kier alpha value is -2.29. The molecule has 0 aromatic heterocycles. The number of benzene rings is 1. The van der Waals surface area contributed by atoms with Gasteiger partial charge in [0.25, 0.3) is 0 Å². The van der Waals surface area contributed by atoms with Crippen LogP contribution in [0.2, 0.25) is 0 Å². The van der Waals surface area contributed by atoms with E-state index in [1.165, 1.54) is 19.3 Å². The zero-order chi connectivity index (χ0) is 19.7. The van der Waals surface area contributed by atoms with Gasteiger partial charge in [0.15, 0.2) is 0 Å². The average molecular weight is 371 g/mol. The molecule has 0 heterocycles. The van der Waals surface area contributed by atoms with Gasteiger partial charge >= 0.3 is 5.97 Å². The number of ether oxygens (including phenoxy) is 1. The Morgan fingerprint density at radius 2 is 1.74 bits per heavy atom. The number of carbonyl (C=O) groups excluding carboxylic acids is 1. The number of aryl methyl sites for hydroxylation is 1. The smallest absolute Gasteiger partial charge is 0.342 e. The molecule has 148 valence electrons. The van der Waals surface area contributed by atoms with Crippen LogP contribution >= 0.6 is 0 Å². The number of unbranched alkanes of at least 4 members (excludes halogenated alkanes) is 5. The first-order valence-electron chi connectivity index (χ1n) is 10.1. The van der Waals surface area contributed by atoms with Crippen LogP contribution in [-0.4, -0.2) is 17.7 Å². The van der Waals surface area contributed by atoms with E-state index in [-0.39, 0.29) is 5.75 Å². The summed E-state index contributed by atoms with van der Waals surface area (Å²) in [5.41, 5.74) is 1.20. The number of carbonyl (C=O) groups is 1. The lowest BCUT2D eigenvalue weighted by Crippen LogP contribution is -2.08. The van der Waals surface area contributed by atoms with Crippen molar-refractivity contribution in [3.05, 3.63) is 66.3 Å². The molecule has 1 N–H and O–H groups in total. The average Bonchev–Trinajstić information content (AvgIpc) is 2.65. The second-order valence-electron chi connectivity index (χ2n) is 6.54. The van der Waals surface area contributed by atoms with Crippen LogP contribution in [0.1, 0.15) is 74.2 Å². The van der Waals surface area contributed by atoms with Crippen molar-refractivity contribution in [2.45, 2.75) is 64.7 Å². The summed E-state index contributed by atoms with van der Waals surface area (Å²) >= 11 is 0. The van der Waals surface area contributed by atoms with Crippen molar-refractivity contribution in [2.75, 3.05) is 6.61 Å². The molecule has 0 amide bonds. The molecule has 0 radical (unpaired) electrons. The minimum absolute atomic E-state index is 0.0112. The lowest BCUT2D eigenvalue weighted by molar-refractivity contribution is 0.0521. The summed E-state index contributed by atoms with van der Waals surface area (Å²) in [7, 11) is 0. The van der Waals surface area contributed by atoms with Gasteiger partial charge in [0, 0.05) is 0 Å². The maximum atomic E-state index is 12.0. The number of phenols is 1. The van der Waals surface area contributed by atoms with Crippen LogP contribution in [0, 0.1) is 0 Å². The second kappa shape index (κ2) is 14.8. The van der Waals surface area contributed by atoms with E-state index in [0.29, 0.717) is 12.2 Å². The molecule has 1 aromatic carbocycles. The van der Waals surface area contributed by atoms with Gasteiger partial charge in [0.2, 0.25) is 0 Å². The van der Waals surface area contributed by atoms with Crippen molar-refractivity contribution in [1.82, 2.24) is 0 Å². The minimum atomic E-state index is -0.434. The number of aromatic hydroxyl groups is 1. The Kier molecular flexibility index (Phi) is 12.5. The van der Waals surface area contributed by atoms with Gasteiger partial charge in [-0.3, -0.25) is 0 Å². The standard InChI is InChI=1S/C24H34O3/c1-3-5-6-7-8-9-10-11-12-13-14-15-16-18-21-19-17-20-22(25)23(21)24(26)27-4-2/h3,6-7,9-10,17,19-20,25H,1,4-5,8,11-16,18H2,2H3/b7-6-,10-9-. The van der Waals surface area contributed by atoms with Crippen molar-refractivity contribution in [3.8, 4) is 5.75 Å². The molecule has 0 aliphatic carbocycles. The Bertz CT molecular complexity index is 614. The largest absolute Gasteiger partial charge is 0.507 e. The van der Waals surface area contributed by atoms with E-state index in [0.717, 1.165) is 44.1 Å². The molecular weight excluding hydrogens is 336 g/mol. The van der Waals surface area contributed by atoms with Crippen LogP contribution in [0.3, 0.4) is 0 Å². The number of allylic oxidation sites excluding steroid dienone is 5. The van der Waals surface area contributed by atoms with E-state index < -0.39 is 5.97 Å². The third kappa shape index (κ3) is 9.83. The fourth-order valence-electron chi connectivity index (χ4n) is 2.92. The van der Waals surface area contributed by atoms with Crippen LogP contribution in [-0.2, 0) is 11.2 Å². The normalized spacial score (nSPS) is 11.3. The highest BCUT2D eigenvalue weighted by Crippen LogP contribution is 2.24. The molecule has 0 aliphatic heterocycles. The van der Waals surface area contributed by atoms with Crippen LogP contribution in [0.15, 0.2) is 55.2 Å². The van der Waals surface area contributed by atoms with Crippen molar-refractivity contribution in [3.63, 3.8) is 0 Å². The summed E-state index contributed by atoms with van der Waals surface area (Å²) in [5.74, 6) is -0.422. The van der Waals surface area contributed by atoms with E-state index in [9.17, 15) is 9.90 Å². The number of rotatable bonds is 14. The predicted octanol–water partition coefficient (Wildman–Crippen LogP) is 6.53. The van der Waals surface area contributed by atoms with E-state index in [1.54, 1.807) is 19.1 Å². The zero-order valence-corrected chi connectivity index (χ0v) is 16.7. The maximum Gasteiger partial charge on any atom is 0.342 e. The Morgan fingerprint density at radius 3 is 2.52 bits per heavy atom. The number of hydrogen-bond donors (Lipinski definition) is 1. The van der Waals surface area contributed by atoms with Crippen molar-refractivity contribution >= 4 is 5.97 Å². The highest BCUT2D eigenvalue weighted by molar-refractivity contribution is 5.94. The van der Waals surface area contributed by atoms with Crippen LogP contribution in [0.5, 0.6) is 5.75 Å². The Morgan fingerprint density at radius 1 is 1.04 bits per heavy atom. The van der Waals surface area contributed by atoms with Gasteiger partial charge in [0.1, 0.15) is 11.3 Å². The molecule has 0 bridgehead atoms. The molecule has 1 aromatic rings. The lowest BCUT2D eigenvalue weighted by Gasteiger charge is -2.10. The third-order valence-electron chi connectivity index (χ3n) is 4.33. The van der Waals surface area contributed by atoms with Gasteiger partial charge < -0.3 is 9.84 Å². The number of hydrogen-bond acceptors (Lipinski definition) is 3. The van der Waals surface area contributed by atoms with Gasteiger partial charge in [0.05, 0.1) is 6.61 Å². The third-order valence-corrected chi connectivity index (χ3v) is 4.33. The molecule has 0 saturated heterocycles. The van der Waals surface area contributed by atoms with Gasteiger partial charge in [-0.25, -0.2) is 4.79 Å². The van der Waals surface area contributed by atoms with Crippen molar-refractivity contribution in [2.24, 2.45) is 0 Å². The number of esters is 1. The van der Waals surface area contributed by atoms with Gasteiger partial charge in [-0.2, -0.15) is 0 Å². The first kappa shape index (κ1) is 22.8. The van der Waals surface area contributed by atoms with E-state index in [2.05, 4.69) is 30.9 Å². The molecule has 0 spiro atoms. The van der Waals surface area contributed by atoms with Crippen LogP contribution < -0.4 is 0 Å². The maximum absolute atomic E-state index is 12.0. The first-order valence-corrected chi connectivity index (χ1v) is 10.1. The van der Waals surface area contributed by atoms with Crippen molar-refractivity contribution in [1.29, 1.82) is 0 Å². The predicted molar refractivity (Wildman–Crippen MR) is 113 cm³/mol. The molecule has 0 unspecified atom stereocenters. The molecule has 3 nitrogen and oxygen atoms in total. The molecule has 0 fully saturated rings. The summed E-state index contributed by atoms with van der Waals surface area (Å²) < 4.78 is 5.05. The second-order valence-corrected chi connectivity index (χ2v) is 6.54. The van der Waals surface area contributed by atoms with E-state index in [4.69, 9.17) is 4.74 Å². The molecule has 3 heteroatoms. The molecule has 0 atom stereocenters. The van der Waals surface area contributed by atoms with Crippen molar-refractivity contribution < 1.29 is 14.6 Å². The van der Waals surface area contributed by atoms with E-state index >= 15 is 0 Å². The SMILES string of the molecule is C=CC/C=C\C/C=C\CCCCCCCc1cccc(O)c1C(=O)OCC. The quantitative estimate of drug-likeness (QED) is 0.230. The van der Waals surface area contributed by atoms with E-state index in [1.807, 2.05) is 12.1 Å². The monoisotopic (exact) mass is 370 g/mol. The summed E-state index contributed by atoms with van der Waals surface area (Å²) in [5, 5.41) is 9.98. The summed E-state index contributed by atoms with van der Waals surface area (Å²) in [6.45, 7) is 5.77. The Balaban J connectivity index is 2.20. The summed E-state index contributed by atoms with van der Waals surface area (Å²) in [6.07, 6.45) is 20.3. The fourth-order valence-corrected chi connectivity index (χ4v) is 2.92. The van der Waals surface area contributed by atoms with Crippen LogP contribution in [0.4, 0.5) is 0 Å². The first-order chi connectivity index (χ1) is 13.2. The minimum Gasteiger partial charge on any atom is -0.507 e. The highest BCUT2D eigenvalue weighted by Gasteiger charge is 2.16. The zero-order valence-electron chi connectivity index (χ0n) is 16.7. The fraction of sp³-hybridized carbons (Fsp3) is 0.458. The molecule has 27 heavy (non-hydrogen) atoms. The highest BCUT2D eigenvalue weighted by atomic mass is 16.5. The lowest BCUT2D eigenvalue weighted by atomic mass is 9.99. The Labute approximate surface area is 164 Å².